The Hall–Kier alpha value is -2.80. The predicted octanol–water partition coefficient (Wildman–Crippen LogP) is 4.39. The minimum atomic E-state index is -0.230. The zero-order valence-electron chi connectivity index (χ0n) is 14.5. The average molecular weight is 379 g/mol. The molecule has 1 aromatic heterocycles. The van der Waals surface area contributed by atoms with E-state index >= 15 is 0 Å². The molecule has 1 fully saturated rings. The SMILES string of the molecule is O=C1CCSc2ccc(C(=O)Nc3ccc4oc(C5CC5)nc4c3)cc2N1. The van der Waals surface area contributed by atoms with Gasteiger partial charge in [0.1, 0.15) is 5.52 Å². The van der Waals surface area contributed by atoms with E-state index in [0.29, 0.717) is 29.3 Å². The molecule has 0 radical (unpaired) electrons. The number of aromatic nitrogens is 1. The lowest BCUT2D eigenvalue weighted by atomic mass is 10.1. The van der Waals surface area contributed by atoms with Crippen LogP contribution in [0.1, 0.15) is 41.4 Å². The molecule has 2 aliphatic rings. The molecule has 5 rings (SSSR count). The second kappa shape index (κ2) is 6.42. The third-order valence-electron chi connectivity index (χ3n) is 4.69. The van der Waals surface area contributed by atoms with Crippen LogP contribution in [-0.2, 0) is 4.79 Å². The Labute approximate surface area is 159 Å². The Morgan fingerprint density at radius 1 is 1.22 bits per heavy atom. The summed E-state index contributed by atoms with van der Waals surface area (Å²) in [6.45, 7) is 0. The van der Waals surface area contributed by atoms with Crippen LogP contribution in [0.15, 0.2) is 45.7 Å². The molecule has 1 aliphatic heterocycles. The molecule has 136 valence electrons. The lowest BCUT2D eigenvalue weighted by molar-refractivity contribution is -0.115. The number of fused-ring (bicyclic) bond motifs is 2. The number of anilines is 2. The predicted molar refractivity (Wildman–Crippen MR) is 104 cm³/mol. The maximum absolute atomic E-state index is 12.7. The average Bonchev–Trinajstić information content (AvgIpc) is 3.44. The molecule has 27 heavy (non-hydrogen) atoms. The van der Waals surface area contributed by atoms with Gasteiger partial charge in [-0.15, -0.1) is 11.8 Å². The number of benzene rings is 2. The maximum atomic E-state index is 12.7. The van der Waals surface area contributed by atoms with E-state index in [2.05, 4.69) is 15.6 Å². The lowest BCUT2D eigenvalue weighted by Gasteiger charge is -2.09. The summed E-state index contributed by atoms with van der Waals surface area (Å²) in [5.41, 5.74) is 3.34. The van der Waals surface area contributed by atoms with E-state index in [0.717, 1.165) is 40.5 Å². The fourth-order valence-corrected chi connectivity index (χ4v) is 4.03. The number of rotatable bonds is 3. The lowest BCUT2D eigenvalue weighted by Crippen LogP contribution is -2.14. The number of thioether (sulfide) groups is 1. The summed E-state index contributed by atoms with van der Waals surface area (Å²) in [6, 6.07) is 10.8. The van der Waals surface area contributed by atoms with Crippen molar-refractivity contribution in [1.29, 1.82) is 0 Å². The topological polar surface area (TPSA) is 84.2 Å². The molecule has 1 saturated carbocycles. The van der Waals surface area contributed by atoms with Gasteiger partial charge >= 0.3 is 0 Å². The number of carbonyl (C=O) groups excluding carboxylic acids is 2. The summed E-state index contributed by atoms with van der Waals surface area (Å²) in [4.78, 5) is 29.9. The zero-order chi connectivity index (χ0) is 18.4. The summed E-state index contributed by atoms with van der Waals surface area (Å²) >= 11 is 1.62. The Bertz CT molecular complexity index is 1070. The molecular weight excluding hydrogens is 362 g/mol. The van der Waals surface area contributed by atoms with Gasteiger partial charge < -0.3 is 15.1 Å². The Morgan fingerprint density at radius 2 is 2.11 bits per heavy atom. The third-order valence-corrected chi connectivity index (χ3v) is 5.77. The van der Waals surface area contributed by atoms with Crippen molar-refractivity contribution in [1.82, 2.24) is 4.98 Å². The van der Waals surface area contributed by atoms with Crippen LogP contribution in [0.2, 0.25) is 0 Å². The zero-order valence-corrected chi connectivity index (χ0v) is 15.3. The molecule has 0 saturated heterocycles. The summed E-state index contributed by atoms with van der Waals surface area (Å²) < 4.78 is 5.75. The fraction of sp³-hybridized carbons (Fsp3) is 0.250. The summed E-state index contributed by atoms with van der Waals surface area (Å²) in [5, 5.41) is 5.76. The van der Waals surface area contributed by atoms with Crippen molar-refractivity contribution in [2.75, 3.05) is 16.4 Å². The van der Waals surface area contributed by atoms with Crippen molar-refractivity contribution >= 4 is 46.1 Å². The van der Waals surface area contributed by atoms with Crippen LogP contribution in [0, 0.1) is 0 Å². The van der Waals surface area contributed by atoms with E-state index in [9.17, 15) is 9.59 Å². The van der Waals surface area contributed by atoms with Crippen molar-refractivity contribution in [3.8, 4) is 0 Å². The van der Waals surface area contributed by atoms with Crippen molar-refractivity contribution < 1.29 is 14.0 Å². The molecule has 3 aromatic rings. The van der Waals surface area contributed by atoms with Gasteiger partial charge in [0.25, 0.3) is 5.91 Å². The highest BCUT2D eigenvalue weighted by Crippen LogP contribution is 2.40. The molecule has 2 heterocycles. The molecule has 2 N–H and O–H groups in total. The molecule has 2 amide bonds. The molecule has 0 atom stereocenters. The Balaban J connectivity index is 1.38. The van der Waals surface area contributed by atoms with Crippen molar-refractivity contribution in [3.05, 3.63) is 47.9 Å². The van der Waals surface area contributed by atoms with E-state index in [1.165, 1.54) is 0 Å². The monoisotopic (exact) mass is 379 g/mol. The van der Waals surface area contributed by atoms with Crippen LogP contribution in [0.3, 0.4) is 0 Å². The molecule has 7 heteroatoms. The van der Waals surface area contributed by atoms with Crippen molar-refractivity contribution in [2.24, 2.45) is 0 Å². The first-order valence-corrected chi connectivity index (χ1v) is 9.93. The number of oxazole rings is 1. The van der Waals surface area contributed by atoms with Gasteiger partial charge in [-0.3, -0.25) is 9.59 Å². The van der Waals surface area contributed by atoms with Gasteiger partial charge in [-0.1, -0.05) is 0 Å². The largest absolute Gasteiger partial charge is 0.440 e. The maximum Gasteiger partial charge on any atom is 0.255 e. The van der Waals surface area contributed by atoms with Gasteiger partial charge in [-0.2, -0.15) is 0 Å². The normalized spacial score (nSPS) is 16.5. The quantitative estimate of drug-likeness (QED) is 0.705. The first-order valence-electron chi connectivity index (χ1n) is 8.94. The van der Waals surface area contributed by atoms with Crippen LogP contribution < -0.4 is 10.6 Å². The van der Waals surface area contributed by atoms with Crippen LogP contribution in [-0.4, -0.2) is 22.6 Å². The van der Waals surface area contributed by atoms with E-state index in [1.54, 1.807) is 23.9 Å². The minimum absolute atomic E-state index is 0.0261. The molecule has 2 aromatic carbocycles. The fourth-order valence-electron chi connectivity index (χ4n) is 3.09. The number of hydrogen-bond acceptors (Lipinski definition) is 5. The van der Waals surface area contributed by atoms with Gasteiger partial charge in [0.2, 0.25) is 5.91 Å². The highest BCUT2D eigenvalue weighted by atomic mass is 32.2. The summed E-state index contributed by atoms with van der Waals surface area (Å²) in [7, 11) is 0. The molecule has 0 spiro atoms. The van der Waals surface area contributed by atoms with Gasteiger partial charge in [0, 0.05) is 34.2 Å². The van der Waals surface area contributed by atoms with E-state index in [1.807, 2.05) is 24.3 Å². The van der Waals surface area contributed by atoms with Crippen LogP contribution in [0.25, 0.3) is 11.1 Å². The van der Waals surface area contributed by atoms with E-state index < -0.39 is 0 Å². The van der Waals surface area contributed by atoms with Gasteiger partial charge in [0.05, 0.1) is 5.69 Å². The Kier molecular flexibility index (Phi) is 3.89. The number of nitrogens with one attached hydrogen (secondary N) is 2. The summed E-state index contributed by atoms with van der Waals surface area (Å²) in [6.07, 6.45) is 2.73. The number of hydrogen-bond donors (Lipinski definition) is 2. The van der Waals surface area contributed by atoms with Crippen molar-refractivity contribution in [3.63, 3.8) is 0 Å². The first kappa shape index (κ1) is 16.4. The molecule has 1 aliphatic carbocycles. The molecular formula is C20H17N3O3S. The number of carbonyl (C=O) groups is 2. The van der Waals surface area contributed by atoms with Gasteiger partial charge in [-0.25, -0.2) is 4.98 Å². The van der Waals surface area contributed by atoms with Crippen LogP contribution >= 0.6 is 11.8 Å². The first-order chi connectivity index (χ1) is 13.2. The number of nitrogens with zero attached hydrogens (tertiary/aromatic N) is 1. The van der Waals surface area contributed by atoms with E-state index in [-0.39, 0.29) is 11.8 Å². The van der Waals surface area contributed by atoms with E-state index in [4.69, 9.17) is 4.42 Å². The van der Waals surface area contributed by atoms with Crippen LogP contribution in [0.5, 0.6) is 0 Å². The third kappa shape index (κ3) is 3.30. The summed E-state index contributed by atoms with van der Waals surface area (Å²) in [5.74, 6) is 1.72. The number of amides is 2. The van der Waals surface area contributed by atoms with Crippen molar-refractivity contribution in [2.45, 2.75) is 30.1 Å². The standard InChI is InChI=1S/C20H17N3O3S/c24-18-7-8-27-17-6-3-12(9-15(17)22-18)19(25)21-13-4-5-16-14(10-13)23-20(26-16)11-1-2-11/h3-6,9-11H,1-2,7-8H2,(H,21,25)(H,22,24). The molecule has 6 nitrogen and oxygen atoms in total. The smallest absolute Gasteiger partial charge is 0.255 e. The second-order valence-corrected chi connectivity index (χ2v) is 7.96. The highest BCUT2D eigenvalue weighted by Gasteiger charge is 2.29. The van der Waals surface area contributed by atoms with Gasteiger partial charge in [0.15, 0.2) is 11.5 Å². The Morgan fingerprint density at radius 3 is 2.96 bits per heavy atom. The second-order valence-electron chi connectivity index (χ2n) is 6.82. The highest BCUT2D eigenvalue weighted by molar-refractivity contribution is 7.99. The molecule has 0 unspecified atom stereocenters. The molecule has 0 bridgehead atoms. The van der Waals surface area contributed by atoms with Gasteiger partial charge in [-0.05, 0) is 49.2 Å². The minimum Gasteiger partial charge on any atom is -0.440 e. The van der Waals surface area contributed by atoms with Crippen LogP contribution in [0.4, 0.5) is 11.4 Å².